The number of hydrogen-bond acceptors (Lipinski definition) is 4. The Morgan fingerprint density at radius 1 is 1.06 bits per heavy atom. The van der Waals surface area contributed by atoms with Gasteiger partial charge in [0, 0.05) is 24.2 Å². The van der Waals surface area contributed by atoms with Crippen LogP contribution in [0.3, 0.4) is 0 Å². The first-order chi connectivity index (χ1) is 14.9. The fraction of sp³-hybridized carbons (Fsp3) is 0.269. The number of nitrogens with zero attached hydrogens (tertiary/aromatic N) is 1. The molecule has 1 N–H and O–H groups in total. The SMILES string of the molecule is CCN(Cc1ccccc1)Cc1cc(-c2ccc(C(C)C(=O)OC)cc2F)ccc1O. The summed E-state index contributed by atoms with van der Waals surface area (Å²) in [5.74, 6) is -1.18. The fourth-order valence-electron chi connectivity index (χ4n) is 3.59. The zero-order chi connectivity index (χ0) is 22.4. The van der Waals surface area contributed by atoms with Crippen LogP contribution in [0.15, 0.2) is 66.7 Å². The van der Waals surface area contributed by atoms with Crippen LogP contribution in [0, 0.1) is 5.82 Å². The number of phenols is 1. The summed E-state index contributed by atoms with van der Waals surface area (Å²) >= 11 is 0. The summed E-state index contributed by atoms with van der Waals surface area (Å²) < 4.78 is 19.6. The molecule has 162 valence electrons. The predicted molar refractivity (Wildman–Crippen MR) is 120 cm³/mol. The first-order valence-corrected chi connectivity index (χ1v) is 10.4. The van der Waals surface area contributed by atoms with Gasteiger partial charge in [-0.25, -0.2) is 4.39 Å². The van der Waals surface area contributed by atoms with Gasteiger partial charge in [0.2, 0.25) is 0 Å². The zero-order valence-electron chi connectivity index (χ0n) is 18.1. The molecule has 0 fully saturated rings. The first-order valence-electron chi connectivity index (χ1n) is 10.4. The molecule has 0 aliphatic carbocycles. The number of ether oxygens (including phenoxy) is 1. The van der Waals surface area contributed by atoms with Crippen LogP contribution in [0.1, 0.15) is 36.5 Å². The number of carbonyl (C=O) groups is 1. The quantitative estimate of drug-likeness (QED) is 0.488. The molecule has 0 heterocycles. The number of phenolic OH excluding ortho intramolecular Hbond substituents is 1. The Morgan fingerprint density at radius 2 is 1.81 bits per heavy atom. The Bertz CT molecular complexity index is 1040. The van der Waals surface area contributed by atoms with E-state index in [9.17, 15) is 14.3 Å². The largest absolute Gasteiger partial charge is 0.508 e. The Kier molecular flexibility index (Phi) is 7.42. The summed E-state index contributed by atoms with van der Waals surface area (Å²) in [5.41, 5.74) is 3.60. The molecule has 0 radical (unpaired) electrons. The van der Waals surface area contributed by atoms with Gasteiger partial charge in [-0.2, -0.15) is 0 Å². The number of halogens is 1. The van der Waals surface area contributed by atoms with E-state index >= 15 is 0 Å². The lowest BCUT2D eigenvalue weighted by Gasteiger charge is -2.21. The first kappa shape index (κ1) is 22.5. The Hall–Kier alpha value is -3.18. The molecule has 1 unspecified atom stereocenters. The molecule has 5 heteroatoms. The van der Waals surface area contributed by atoms with E-state index < -0.39 is 17.7 Å². The molecule has 0 aliphatic heterocycles. The molecular formula is C26H28FNO3. The van der Waals surface area contributed by atoms with Crippen molar-refractivity contribution in [1.82, 2.24) is 4.90 Å². The van der Waals surface area contributed by atoms with Crippen molar-refractivity contribution in [3.05, 3.63) is 89.2 Å². The highest BCUT2D eigenvalue weighted by Crippen LogP contribution is 2.31. The number of rotatable bonds is 8. The summed E-state index contributed by atoms with van der Waals surface area (Å²) in [6, 6.07) is 20.1. The molecule has 0 bridgehead atoms. The van der Waals surface area contributed by atoms with Gasteiger partial charge in [0.15, 0.2) is 0 Å². The zero-order valence-corrected chi connectivity index (χ0v) is 18.1. The maximum atomic E-state index is 14.9. The molecule has 0 saturated carbocycles. The average Bonchev–Trinajstić information content (AvgIpc) is 2.79. The van der Waals surface area contributed by atoms with Crippen LogP contribution in [-0.2, 0) is 22.6 Å². The van der Waals surface area contributed by atoms with E-state index in [1.54, 1.807) is 31.2 Å². The number of aromatic hydroxyl groups is 1. The van der Waals surface area contributed by atoms with Crippen molar-refractivity contribution in [2.45, 2.75) is 32.9 Å². The van der Waals surface area contributed by atoms with Crippen LogP contribution >= 0.6 is 0 Å². The minimum atomic E-state index is -0.542. The van der Waals surface area contributed by atoms with Gasteiger partial charge in [-0.15, -0.1) is 0 Å². The van der Waals surface area contributed by atoms with Gasteiger partial charge < -0.3 is 9.84 Å². The smallest absolute Gasteiger partial charge is 0.312 e. The second-order valence-corrected chi connectivity index (χ2v) is 7.62. The molecule has 4 nitrogen and oxygen atoms in total. The molecule has 31 heavy (non-hydrogen) atoms. The lowest BCUT2D eigenvalue weighted by Crippen LogP contribution is -2.22. The molecule has 0 amide bonds. The number of hydrogen-bond donors (Lipinski definition) is 1. The van der Waals surface area contributed by atoms with Crippen molar-refractivity contribution in [3.8, 4) is 16.9 Å². The normalized spacial score (nSPS) is 12.0. The van der Waals surface area contributed by atoms with Crippen LogP contribution in [0.4, 0.5) is 4.39 Å². The van der Waals surface area contributed by atoms with Gasteiger partial charge in [0.05, 0.1) is 13.0 Å². The van der Waals surface area contributed by atoms with E-state index in [0.717, 1.165) is 18.7 Å². The Morgan fingerprint density at radius 3 is 2.45 bits per heavy atom. The van der Waals surface area contributed by atoms with Crippen LogP contribution in [0.2, 0.25) is 0 Å². The molecule has 3 aromatic rings. The summed E-state index contributed by atoms with van der Waals surface area (Å²) in [6.45, 7) is 5.88. The molecule has 0 aliphatic rings. The molecule has 0 saturated heterocycles. The molecule has 3 aromatic carbocycles. The summed E-state index contributed by atoms with van der Waals surface area (Å²) in [7, 11) is 1.32. The van der Waals surface area contributed by atoms with E-state index in [1.807, 2.05) is 24.3 Å². The molecular weight excluding hydrogens is 393 g/mol. The van der Waals surface area contributed by atoms with E-state index in [-0.39, 0.29) is 5.75 Å². The Labute approximate surface area is 182 Å². The monoisotopic (exact) mass is 421 g/mol. The maximum Gasteiger partial charge on any atom is 0.312 e. The van der Waals surface area contributed by atoms with Crippen molar-refractivity contribution in [1.29, 1.82) is 0 Å². The number of methoxy groups -OCH3 is 1. The van der Waals surface area contributed by atoms with E-state index in [0.29, 0.717) is 23.2 Å². The van der Waals surface area contributed by atoms with Gasteiger partial charge in [0.25, 0.3) is 0 Å². The Balaban J connectivity index is 1.84. The summed E-state index contributed by atoms with van der Waals surface area (Å²) in [5, 5.41) is 10.4. The maximum absolute atomic E-state index is 14.9. The van der Waals surface area contributed by atoms with Crippen LogP contribution < -0.4 is 0 Å². The van der Waals surface area contributed by atoms with Crippen molar-refractivity contribution >= 4 is 5.97 Å². The van der Waals surface area contributed by atoms with Crippen molar-refractivity contribution in [2.75, 3.05) is 13.7 Å². The number of carbonyl (C=O) groups excluding carboxylic acids is 1. The van der Waals surface area contributed by atoms with Crippen molar-refractivity contribution in [3.63, 3.8) is 0 Å². The topological polar surface area (TPSA) is 49.8 Å². The van der Waals surface area contributed by atoms with Crippen LogP contribution in [-0.4, -0.2) is 29.6 Å². The van der Waals surface area contributed by atoms with Gasteiger partial charge in [-0.1, -0.05) is 55.5 Å². The van der Waals surface area contributed by atoms with Gasteiger partial charge in [-0.3, -0.25) is 9.69 Å². The van der Waals surface area contributed by atoms with Crippen molar-refractivity contribution in [2.24, 2.45) is 0 Å². The van der Waals surface area contributed by atoms with Crippen LogP contribution in [0.25, 0.3) is 11.1 Å². The van der Waals surface area contributed by atoms with Gasteiger partial charge in [-0.05, 0) is 48.4 Å². The second-order valence-electron chi connectivity index (χ2n) is 7.62. The van der Waals surface area contributed by atoms with E-state index in [1.165, 1.54) is 18.7 Å². The van der Waals surface area contributed by atoms with Gasteiger partial charge >= 0.3 is 5.97 Å². The summed E-state index contributed by atoms with van der Waals surface area (Å²) in [6.07, 6.45) is 0. The molecule has 0 spiro atoms. The number of benzene rings is 3. The standard InChI is InChI=1S/C26H28FNO3/c1-4-28(16-19-8-6-5-7-9-19)17-22-14-21(11-13-25(22)29)23-12-10-20(15-24(23)27)18(2)26(30)31-3/h5-15,18,29H,4,16-17H2,1-3H3. The fourth-order valence-corrected chi connectivity index (χ4v) is 3.59. The summed E-state index contributed by atoms with van der Waals surface area (Å²) in [4.78, 5) is 14.0. The lowest BCUT2D eigenvalue weighted by atomic mass is 9.96. The third-order valence-corrected chi connectivity index (χ3v) is 5.53. The molecule has 1 atom stereocenters. The highest BCUT2D eigenvalue weighted by Gasteiger charge is 2.18. The predicted octanol–water partition coefficient (Wildman–Crippen LogP) is 5.50. The highest BCUT2D eigenvalue weighted by atomic mass is 19.1. The lowest BCUT2D eigenvalue weighted by molar-refractivity contribution is -0.141. The minimum Gasteiger partial charge on any atom is -0.508 e. The van der Waals surface area contributed by atoms with Crippen LogP contribution in [0.5, 0.6) is 5.75 Å². The third kappa shape index (κ3) is 5.50. The van der Waals surface area contributed by atoms with Crippen molar-refractivity contribution < 1.29 is 19.0 Å². The highest BCUT2D eigenvalue weighted by molar-refractivity contribution is 5.78. The molecule has 0 aromatic heterocycles. The minimum absolute atomic E-state index is 0.187. The third-order valence-electron chi connectivity index (χ3n) is 5.53. The number of esters is 1. The van der Waals surface area contributed by atoms with Gasteiger partial charge in [0.1, 0.15) is 11.6 Å². The average molecular weight is 422 g/mol. The second kappa shape index (κ2) is 10.2. The van der Waals surface area contributed by atoms with E-state index in [4.69, 9.17) is 4.74 Å². The van der Waals surface area contributed by atoms with E-state index in [2.05, 4.69) is 24.0 Å². The molecule has 3 rings (SSSR count).